The van der Waals surface area contributed by atoms with E-state index in [1.54, 1.807) is 6.07 Å². The van der Waals surface area contributed by atoms with Gasteiger partial charge in [-0.15, -0.1) is 0 Å². The minimum Gasteiger partial charge on any atom is -0.496 e. The van der Waals surface area contributed by atoms with Crippen molar-refractivity contribution in [2.45, 2.75) is 30.8 Å². The number of benzene rings is 2. The van der Waals surface area contributed by atoms with E-state index in [2.05, 4.69) is 0 Å². The summed E-state index contributed by atoms with van der Waals surface area (Å²) < 4.78 is 37.0. The van der Waals surface area contributed by atoms with E-state index in [0.29, 0.717) is 17.0 Å². The van der Waals surface area contributed by atoms with Crippen molar-refractivity contribution in [1.82, 2.24) is 4.31 Å². The van der Waals surface area contributed by atoms with E-state index < -0.39 is 20.9 Å². The predicted molar refractivity (Wildman–Crippen MR) is 122 cm³/mol. The fourth-order valence-corrected chi connectivity index (χ4v) is 4.60. The number of nitro benzene ring substituents is 1. The highest BCUT2D eigenvalue weighted by molar-refractivity contribution is 7.89. The van der Waals surface area contributed by atoms with Crippen LogP contribution in [0.15, 0.2) is 41.3 Å². The molecule has 3 rings (SSSR count). The summed E-state index contributed by atoms with van der Waals surface area (Å²) in [5.74, 6) is -0.381. The van der Waals surface area contributed by atoms with Crippen LogP contribution in [0.3, 0.4) is 0 Å². The number of piperidine rings is 1. The largest absolute Gasteiger partial charge is 0.496 e. The molecule has 0 unspecified atom stereocenters. The van der Waals surface area contributed by atoms with Crippen LogP contribution in [0.5, 0.6) is 5.75 Å². The molecule has 1 aliphatic heterocycles. The Morgan fingerprint density at radius 3 is 2.42 bits per heavy atom. The first kappa shape index (κ1) is 24.5. The fraction of sp³-hybridized carbons (Fsp3) is 0.409. The number of non-ortho nitro benzene ring substituents is 1. The van der Waals surface area contributed by atoms with Gasteiger partial charge < -0.3 is 14.4 Å². The monoisotopic (exact) mass is 477 g/mol. The fourth-order valence-electron chi connectivity index (χ4n) is 3.67. The lowest BCUT2D eigenvalue weighted by Crippen LogP contribution is -2.31. The summed E-state index contributed by atoms with van der Waals surface area (Å²) in [6, 6.07) is 8.46. The molecule has 1 saturated heterocycles. The first-order chi connectivity index (χ1) is 15.6. The minimum absolute atomic E-state index is 0.0202. The van der Waals surface area contributed by atoms with Crippen LogP contribution < -0.4 is 9.64 Å². The number of sulfonamides is 1. The molecule has 11 heteroatoms. The molecule has 2 aromatic rings. The second-order valence-corrected chi connectivity index (χ2v) is 10.00. The average Bonchev–Trinajstić information content (AvgIpc) is 2.82. The molecule has 0 bridgehead atoms. The molecule has 33 heavy (non-hydrogen) atoms. The van der Waals surface area contributed by atoms with Crippen LogP contribution >= 0.6 is 0 Å². The van der Waals surface area contributed by atoms with Crippen LogP contribution in [0.1, 0.15) is 35.2 Å². The zero-order valence-electron chi connectivity index (χ0n) is 18.8. The Bertz CT molecular complexity index is 1140. The van der Waals surface area contributed by atoms with Crippen molar-refractivity contribution in [2.75, 3.05) is 39.2 Å². The summed E-state index contributed by atoms with van der Waals surface area (Å²) in [6.45, 7) is 1.23. The van der Waals surface area contributed by atoms with Gasteiger partial charge in [-0.25, -0.2) is 17.5 Å². The van der Waals surface area contributed by atoms with Crippen LogP contribution in [0.2, 0.25) is 0 Å². The van der Waals surface area contributed by atoms with Crippen LogP contribution in [0.4, 0.5) is 11.4 Å². The molecule has 0 aromatic heterocycles. The van der Waals surface area contributed by atoms with Gasteiger partial charge >= 0.3 is 5.97 Å². The zero-order chi connectivity index (χ0) is 24.2. The highest BCUT2D eigenvalue weighted by Gasteiger charge is 2.25. The first-order valence-electron chi connectivity index (χ1n) is 10.4. The molecule has 0 spiro atoms. The van der Waals surface area contributed by atoms with Gasteiger partial charge in [-0.2, -0.15) is 0 Å². The third-order valence-electron chi connectivity index (χ3n) is 5.50. The Hall–Kier alpha value is -3.18. The molecule has 0 atom stereocenters. The average molecular weight is 478 g/mol. The molecule has 0 saturated carbocycles. The summed E-state index contributed by atoms with van der Waals surface area (Å²) in [7, 11) is 0.486. The van der Waals surface area contributed by atoms with Crippen LogP contribution in [0.25, 0.3) is 0 Å². The molecular formula is C22H27N3O7S. The molecule has 0 N–H and O–H groups in total. The van der Waals surface area contributed by atoms with Gasteiger partial charge in [-0.3, -0.25) is 10.1 Å². The minimum atomic E-state index is -3.76. The number of hydrogen-bond donors (Lipinski definition) is 0. The van der Waals surface area contributed by atoms with E-state index in [1.165, 1.54) is 51.5 Å². The third-order valence-corrected chi connectivity index (χ3v) is 7.31. The smallest absolute Gasteiger partial charge is 0.340 e. The maximum Gasteiger partial charge on any atom is 0.340 e. The number of esters is 1. The summed E-state index contributed by atoms with van der Waals surface area (Å²) in [4.78, 5) is 25.7. The maximum absolute atomic E-state index is 13.1. The normalized spacial score (nSPS) is 14.2. The van der Waals surface area contributed by atoms with Crippen LogP contribution in [-0.4, -0.2) is 57.9 Å². The van der Waals surface area contributed by atoms with Crippen molar-refractivity contribution in [3.05, 3.63) is 57.6 Å². The highest BCUT2D eigenvalue weighted by Crippen LogP contribution is 2.30. The number of anilines is 1. The predicted octanol–water partition coefficient (Wildman–Crippen LogP) is 3.20. The second kappa shape index (κ2) is 10.2. The number of methoxy groups -OCH3 is 1. The van der Waals surface area contributed by atoms with E-state index >= 15 is 0 Å². The van der Waals surface area contributed by atoms with Gasteiger partial charge in [0.1, 0.15) is 12.4 Å². The number of nitro groups is 1. The summed E-state index contributed by atoms with van der Waals surface area (Å²) in [6.07, 6.45) is 3.03. The Morgan fingerprint density at radius 1 is 1.12 bits per heavy atom. The highest BCUT2D eigenvalue weighted by atomic mass is 32.2. The molecule has 0 radical (unpaired) electrons. The number of nitrogens with zero attached hydrogens (tertiary/aromatic N) is 3. The number of carbonyl (C=O) groups excluding carboxylic acids is 1. The molecule has 0 amide bonds. The number of ether oxygens (including phenoxy) is 2. The first-order valence-corrected chi connectivity index (χ1v) is 11.9. The van der Waals surface area contributed by atoms with Crippen LogP contribution in [-0.2, 0) is 21.4 Å². The van der Waals surface area contributed by atoms with E-state index in [4.69, 9.17) is 9.47 Å². The Morgan fingerprint density at radius 2 is 1.82 bits per heavy atom. The summed E-state index contributed by atoms with van der Waals surface area (Å²) in [5.41, 5.74) is 0.902. The van der Waals surface area contributed by atoms with E-state index in [-0.39, 0.29) is 22.8 Å². The van der Waals surface area contributed by atoms with Crippen molar-refractivity contribution >= 4 is 27.4 Å². The molecule has 0 aliphatic carbocycles. The Balaban J connectivity index is 1.95. The topological polar surface area (TPSA) is 119 Å². The van der Waals surface area contributed by atoms with E-state index in [1.807, 2.05) is 4.90 Å². The lowest BCUT2D eigenvalue weighted by atomic mass is 10.1. The van der Waals surface area contributed by atoms with Crippen molar-refractivity contribution < 1.29 is 27.6 Å². The number of carbonyl (C=O) groups is 1. The Labute approximate surface area is 192 Å². The van der Waals surface area contributed by atoms with Gasteiger partial charge in [0.25, 0.3) is 5.69 Å². The van der Waals surface area contributed by atoms with Crippen molar-refractivity contribution in [2.24, 2.45) is 0 Å². The SMILES string of the molecule is COc1ccc([N+](=O)[O-])cc1COC(=O)c1cc(S(=O)(=O)N(C)C)ccc1N1CCCCC1. The van der Waals surface area contributed by atoms with Crippen LogP contribution in [0, 0.1) is 10.1 Å². The molecule has 10 nitrogen and oxygen atoms in total. The van der Waals surface area contributed by atoms with Crippen molar-refractivity contribution in [3.63, 3.8) is 0 Å². The quantitative estimate of drug-likeness (QED) is 0.323. The van der Waals surface area contributed by atoms with E-state index in [0.717, 1.165) is 36.7 Å². The molecule has 1 heterocycles. The molecule has 2 aromatic carbocycles. The summed E-state index contributed by atoms with van der Waals surface area (Å²) >= 11 is 0. The zero-order valence-corrected chi connectivity index (χ0v) is 19.6. The summed E-state index contributed by atoms with van der Waals surface area (Å²) in [5, 5.41) is 11.1. The lowest BCUT2D eigenvalue weighted by Gasteiger charge is -2.30. The van der Waals surface area contributed by atoms with Gasteiger partial charge in [-0.1, -0.05) is 0 Å². The molecule has 1 aliphatic rings. The molecule has 1 fully saturated rings. The third kappa shape index (κ3) is 5.42. The van der Waals surface area contributed by atoms with Gasteiger partial charge in [-0.05, 0) is 43.5 Å². The second-order valence-electron chi connectivity index (χ2n) is 7.84. The van der Waals surface area contributed by atoms with Crippen molar-refractivity contribution in [3.8, 4) is 5.75 Å². The van der Waals surface area contributed by atoms with Crippen molar-refractivity contribution in [1.29, 1.82) is 0 Å². The lowest BCUT2D eigenvalue weighted by molar-refractivity contribution is -0.385. The maximum atomic E-state index is 13.1. The number of hydrogen-bond acceptors (Lipinski definition) is 8. The standard InChI is InChI=1S/C22H27N3O7S/c1-23(2)33(29,30)18-8-9-20(24-11-5-4-6-12-24)19(14-18)22(26)32-15-16-13-17(25(27)28)7-10-21(16)31-3/h7-10,13-14H,4-6,11-12,15H2,1-3H3. The van der Waals surface area contributed by atoms with Gasteiger partial charge in [0.05, 0.1) is 28.2 Å². The molecular weight excluding hydrogens is 450 g/mol. The number of rotatable bonds is 8. The van der Waals surface area contributed by atoms with Gasteiger partial charge in [0, 0.05) is 44.9 Å². The Kier molecular flexibility index (Phi) is 7.54. The van der Waals surface area contributed by atoms with Gasteiger partial charge in [0.15, 0.2) is 0 Å². The van der Waals surface area contributed by atoms with Gasteiger partial charge in [0.2, 0.25) is 10.0 Å². The van der Waals surface area contributed by atoms with E-state index in [9.17, 15) is 23.3 Å². The molecule has 178 valence electrons.